The number of H-pyrrole nitrogens is 1. The Morgan fingerprint density at radius 1 is 1.08 bits per heavy atom. The number of aryl methyl sites for hydroxylation is 2. The molecule has 134 valence electrons. The molecule has 5 heteroatoms. The minimum atomic E-state index is 0.0221. The second-order valence-electron chi connectivity index (χ2n) is 7.12. The molecule has 0 unspecified atom stereocenters. The van der Waals surface area contributed by atoms with Crippen LogP contribution in [0.2, 0.25) is 0 Å². The van der Waals surface area contributed by atoms with Crippen LogP contribution in [0.4, 0.5) is 0 Å². The van der Waals surface area contributed by atoms with Crippen molar-refractivity contribution in [3.8, 4) is 0 Å². The van der Waals surface area contributed by atoms with Crippen molar-refractivity contribution in [3.63, 3.8) is 0 Å². The number of hydrogen-bond donors (Lipinski definition) is 1. The van der Waals surface area contributed by atoms with E-state index in [1.807, 2.05) is 29.2 Å². The molecule has 3 aromatic rings. The maximum atomic E-state index is 12.9. The summed E-state index contributed by atoms with van der Waals surface area (Å²) in [6.45, 7) is 8.50. The van der Waals surface area contributed by atoms with Gasteiger partial charge in [-0.3, -0.25) is 14.8 Å². The Balaban J connectivity index is 1.42. The van der Waals surface area contributed by atoms with Crippen molar-refractivity contribution in [2.75, 3.05) is 26.2 Å². The van der Waals surface area contributed by atoms with Gasteiger partial charge in [-0.25, -0.2) is 0 Å². The van der Waals surface area contributed by atoms with Crippen LogP contribution in [-0.2, 0) is 6.54 Å². The number of nitrogens with zero attached hydrogens (tertiary/aromatic N) is 3. The predicted molar refractivity (Wildman–Crippen MR) is 103 cm³/mol. The van der Waals surface area contributed by atoms with E-state index < -0.39 is 0 Å². The number of carbonyl (C=O) groups is 1. The molecule has 4 rings (SSSR count). The normalized spacial score (nSPS) is 15.5. The summed E-state index contributed by atoms with van der Waals surface area (Å²) in [5, 5.41) is 8.10. The number of aromatic amines is 1. The molecule has 0 radical (unpaired) electrons. The van der Waals surface area contributed by atoms with Gasteiger partial charge in [0.15, 0.2) is 5.69 Å². The molecule has 1 fully saturated rings. The summed E-state index contributed by atoms with van der Waals surface area (Å²) in [5.74, 6) is 0.0221. The first-order chi connectivity index (χ1) is 12.6. The van der Waals surface area contributed by atoms with Crippen molar-refractivity contribution in [2.24, 2.45) is 0 Å². The number of amides is 1. The molecule has 0 spiro atoms. The third-order valence-electron chi connectivity index (χ3n) is 5.23. The fraction of sp³-hybridized carbons (Fsp3) is 0.333. The minimum absolute atomic E-state index is 0.0221. The fourth-order valence-electron chi connectivity index (χ4n) is 3.60. The highest BCUT2D eigenvalue weighted by molar-refractivity contribution is 6.04. The molecule has 5 nitrogen and oxygen atoms in total. The SMILES string of the molecule is Cc1ccc(C)c(CN2CCN(C(=O)c3n[nH]c4ccccc34)CC2)c1. The molecule has 0 bridgehead atoms. The first-order valence-electron chi connectivity index (χ1n) is 9.13. The highest BCUT2D eigenvalue weighted by Crippen LogP contribution is 2.19. The first kappa shape index (κ1) is 16.8. The van der Waals surface area contributed by atoms with Gasteiger partial charge in [0.2, 0.25) is 0 Å². The Bertz CT molecular complexity index is 938. The third kappa shape index (κ3) is 3.22. The van der Waals surface area contributed by atoms with Gasteiger partial charge in [-0.15, -0.1) is 0 Å². The summed E-state index contributed by atoms with van der Waals surface area (Å²) >= 11 is 0. The van der Waals surface area contributed by atoms with Crippen LogP contribution in [-0.4, -0.2) is 52.1 Å². The lowest BCUT2D eigenvalue weighted by Gasteiger charge is -2.34. The predicted octanol–water partition coefficient (Wildman–Crippen LogP) is 3.14. The topological polar surface area (TPSA) is 52.2 Å². The van der Waals surface area contributed by atoms with Crippen molar-refractivity contribution < 1.29 is 4.79 Å². The first-order valence-corrected chi connectivity index (χ1v) is 9.13. The van der Waals surface area contributed by atoms with E-state index in [1.54, 1.807) is 0 Å². The van der Waals surface area contributed by atoms with E-state index in [0.29, 0.717) is 5.69 Å². The molecule has 0 aliphatic carbocycles. The van der Waals surface area contributed by atoms with Gasteiger partial charge < -0.3 is 4.90 Å². The molecule has 0 atom stereocenters. The van der Waals surface area contributed by atoms with Crippen LogP contribution < -0.4 is 0 Å². The van der Waals surface area contributed by atoms with Gasteiger partial charge in [-0.05, 0) is 31.0 Å². The van der Waals surface area contributed by atoms with Crippen molar-refractivity contribution in [2.45, 2.75) is 20.4 Å². The zero-order valence-corrected chi connectivity index (χ0v) is 15.3. The zero-order chi connectivity index (χ0) is 18.1. The van der Waals surface area contributed by atoms with E-state index in [0.717, 1.165) is 43.6 Å². The van der Waals surface area contributed by atoms with Gasteiger partial charge in [-0.2, -0.15) is 5.10 Å². The van der Waals surface area contributed by atoms with Gasteiger partial charge in [0.05, 0.1) is 5.52 Å². The monoisotopic (exact) mass is 348 g/mol. The summed E-state index contributed by atoms with van der Waals surface area (Å²) in [5.41, 5.74) is 5.44. The lowest BCUT2D eigenvalue weighted by Crippen LogP contribution is -2.48. The molecule has 2 aromatic carbocycles. The van der Waals surface area contributed by atoms with Crippen molar-refractivity contribution >= 4 is 16.8 Å². The highest BCUT2D eigenvalue weighted by atomic mass is 16.2. The number of rotatable bonds is 3. The average Bonchev–Trinajstić information content (AvgIpc) is 3.09. The van der Waals surface area contributed by atoms with Crippen LogP contribution in [0, 0.1) is 13.8 Å². The van der Waals surface area contributed by atoms with E-state index >= 15 is 0 Å². The molecular weight excluding hydrogens is 324 g/mol. The fourth-order valence-corrected chi connectivity index (χ4v) is 3.60. The molecule has 1 saturated heterocycles. The maximum absolute atomic E-state index is 12.9. The Morgan fingerprint density at radius 2 is 1.85 bits per heavy atom. The van der Waals surface area contributed by atoms with E-state index in [1.165, 1.54) is 16.7 Å². The van der Waals surface area contributed by atoms with Crippen molar-refractivity contribution in [1.82, 2.24) is 20.0 Å². The number of aromatic nitrogens is 2. The standard InChI is InChI=1S/C21H24N4O/c1-15-7-8-16(2)17(13-15)14-24-9-11-25(12-10-24)21(26)20-18-5-3-4-6-19(18)22-23-20/h3-8,13H,9-12,14H2,1-2H3,(H,22,23). The van der Waals surface area contributed by atoms with Crippen LogP contribution in [0.5, 0.6) is 0 Å². The van der Waals surface area contributed by atoms with Crippen LogP contribution in [0.15, 0.2) is 42.5 Å². The lowest BCUT2D eigenvalue weighted by atomic mass is 10.0. The van der Waals surface area contributed by atoms with E-state index in [-0.39, 0.29) is 5.91 Å². The molecular formula is C21H24N4O. The van der Waals surface area contributed by atoms with Gasteiger partial charge >= 0.3 is 0 Å². The van der Waals surface area contributed by atoms with E-state index in [9.17, 15) is 4.79 Å². The Kier molecular flexibility index (Phi) is 4.47. The van der Waals surface area contributed by atoms with Gasteiger partial charge in [0, 0.05) is 38.1 Å². The average molecular weight is 348 g/mol. The summed E-state index contributed by atoms with van der Waals surface area (Å²) in [6.07, 6.45) is 0. The Hall–Kier alpha value is -2.66. The molecule has 2 heterocycles. The molecule has 1 aliphatic heterocycles. The number of para-hydroxylation sites is 1. The maximum Gasteiger partial charge on any atom is 0.275 e. The summed E-state index contributed by atoms with van der Waals surface area (Å²) in [6, 6.07) is 14.4. The number of carbonyl (C=O) groups excluding carboxylic acids is 1. The second kappa shape index (κ2) is 6.92. The number of nitrogens with one attached hydrogen (secondary N) is 1. The Morgan fingerprint density at radius 3 is 2.65 bits per heavy atom. The largest absolute Gasteiger partial charge is 0.335 e. The molecule has 1 N–H and O–H groups in total. The van der Waals surface area contributed by atoms with Crippen LogP contribution in [0.3, 0.4) is 0 Å². The molecule has 1 amide bonds. The van der Waals surface area contributed by atoms with Gasteiger partial charge in [0.1, 0.15) is 0 Å². The van der Waals surface area contributed by atoms with Crippen molar-refractivity contribution in [1.29, 1.82) is 0 Å². The quantitative estimate of drug-likeness (QED) is 0.791. The Labute approximate surface area is 153 Å². The summed E-state index contributed by atoms with van der Waals surface area (Å²) < 4.78 is 0. The van der Waals surface area contributed by atoms with Crippen LogP contribution >= 0.6 is 0 Å². The van der Waals surface area contributed by atoms with E-state index in [4.69, 9.17) is 0 Å². The smallest absolute Gasteiger partial charge is 0.275 e. The summed E-state index contributed by atoms with van der Waals surface area (Å²) in [4.78, 5) is 17.2. The third-order valence-corrected chi connectivity index (χ3v) is 5.23. The number of piperazine rings is 1. The minimum Gasteiger partial charge on any atom is -0.335 e. The van der Waals surface area contributed by atoms with Crippen molar-refractivity contribution in [3.05, 3.63) is 64.8 Å². The van der Waals surface area contributed by atoms with Gasteiger partial charge in [0.25, 0.3) is 5.91 Å². The number of hydrogen-bond acceptors (Lipinski definition) is 3. The second-order valence-corrected chi connectivity index (χ2v) is 7.12. The van der Waals surface area contributed by atoms with Crippen LogP contribution in [0.25, 0.3) is 10.9 Å². The summed E-state index contributed by atoms with van der Waals surface area (Å²) in [7, 11) is 0. The molecule has 1 aliphatic rings. The number of fused-ring (bicyclic) bond motifs is 1. The lowest BCUT2D eigenvalue weighted by molar-refractivity contribution is 0.0624. The molecule has 1 aromatic heterocycles. The zero-order valence-electron chi connectivity index (χ0n) is 15.3. The van der Waals surface area contributed by atoms with Gasteiger partial charge in [-0.1, -0.05) is 42.0 Å². The number of benzene rings is 2. The highest BCUT2D eigenvalue weighted by Gasteiger charge is 2.25. The van der Waals surface area contributed by atoms with Crippen LogP contribution in [0.1, 0.15) is 27.2 Å². The molecule has 0 saturated carbocycles. The van der Waals surface area contributed by atoms with E-state index in [2.05, 4.69) is 47.1 Å². The molecule has 26 heavy (non-hydrogen) atoms.